The van der Waals surface area contributed by atoms with Crippen molar-refractivity contribution in [2.45, 2.75) is 70.4 Å². The van der Waals surface area contributed by atoms with Crippen molar-refractivity contribution >= 4 is 12.0 Å². The second kappa shape index (κ2) is 6.02. The van der Waals surface area contributed by atoms with Crippen molar-refractivity contribution in [3.8, 4) is 0 Å². The number of hydrogen-bond acceptors (Lipinski definition) is 2. The van der Waals surface area contributed by atoms with Crippen molar-refractivity contribution in [1.29, 1.82) is 0 Å². The van der Waals surface area contributed by atoms with Gasteiger partial charge in [0.05, 0.1) is 0 Å². The fraction of sp³-hybridized carbons (Fsp3) is 0.867. The summed E-state index contributed by atoms with van der Waals surface area (Å²) >= 11 is 0. The molecule has 1 unspecified atom stereocenters. The number of carboxylic acid groups (broad SMARTS) is 1. The van der Waals surface area contributed by atoms with E-state index < -0.39 is 11.5 Å². The van der Waals surface area contributed by atoms with Gasteiger partial charge in [-0.25, -0.2) is 9.59 Å². The first kappa shape index (κ1) is 15.1. The van der Waals surface area contributed by atoms with Crippen molar-refractivity contribution in [1.82, 2.24) is 10.6 Å². The van der Waals surface area contributed by atoms with Crippen LogP contribution in [-0.4, -0.2) is 28.7 Å². The van der Waals surface area contributed by atoms with Gasteiger partial charge in [-0.2, -0.15) is 0 Å². The number of urea groups is 1. The van der Waals surface area contributed by atoms with E-state index in [0.29, 0.717) is 18.8 Å². The molecule has 0 aromatic heterocycles. The quantitative estimate of drug-likeness (QED) is 0.725. The van der Waals surface area contributed by atoms with Crippen LogP contribution < -0.4 is 10.6 Å². The molecule has 5 nitrogen and oxygen atoms in total. The smallest absolute Gasteiger partial charge is 0.329 e. The summed E-state index contributed by atoms with van der Waals surface area (Å²) < 4.78 is 0. The highest BCUT2D eigenvalue weighted by molar-refractivity contribution is 5.86. The van der Waals surface area contributed by atoms with Gasteiger partial charge >= 0.3 is 12.0 Å². The van der Waals surface area contributed by atoms with Crippen LogP contribution in [-0.2, 0) is 4.79 Å². The van der Waals surface area contributed by atoms with E-state index in [4.69, 9.17) is 0 Å². The molecule has 5 heteroatoms. The van der Waals surface area contributed by atoms with Gasteiger partial charge in [0.25, 0.3) is 0 Å². The summed E-state index contributed by atoms with van der Waals surface area (Å²) in [6, 6.07) is -0.231. The van der Waals surface area contributed by atoms with Gasteiger partial charge in [0.1, 0.15) is 5.54 Å². The molecule has 2 amide bonds. The molecule has 2 saturated carbocycles. The Labute approximate surface area is 120 Å². The summed E-state index contributed by atoms with van der Waals surface area (Å²) in [5.41, 5.74) is -1.07. The molecular formula is C15H26N2O3. The van der Waals surface area contributed by atoms with E-state index in [2.05, 4.69) is 17.6 Å². The number of carboxylic acids is 1. The normalized spacial score (nSPS) is 31.4. The third-order valence-corrected chi connectivity index (χ3v) is 4.65. The van der Waals surface area contributed by atoms with Crippen LogP contribution >= 0.6 is 0 Å². The standard InChI is InChI=1S/C15H26N2O3/c1-10-5-7-15(8-6-10,13(18)19)17-14(20)16-11(2)9-12-3-4-12/h10-12H,3-9H2,1-2H3,(H,18,19)(H2,16,17,20). The van der Waals surface area contributed by atoms with E-state index in [1.165, 1.54) is 12.8 Å². The molecule has 3 N–H and O–H groups in total. The summed E-state index contributed by atoms with van der Waals surface area (Å²) in [5.74, 6) is 0.379. The zero-order chi connectivity index (χ0) is 14.8. The Morgan fingerprint density at radius 2 is 1.85 bits per heavy atom. The maximum atomic E-state index is 12.0. The van der Waals surface area contributed by atoms with Gasteiger partial charge in [-0.05, 0) is 50.9 Å². The van der Waals surface area contributed by atoms with Crippen LogP contribution in [0.1, 0.15) is 58.8 Å². The second-order valence-electron chi connectivity index (χ2n) is 6.75. The van der Waals surface area contributed by atoms with Crippen LogP contribution in [0.4, 0.5) is 4.79 Å². The Bertz CT molecular complexity index is 371. The van der Waals surface area contributed by atoms with Gasteiger partial charge in [-0.15, -0.1) is 0 Å². The molecule has 20 heavy (non-hydrogen) atoms. The first-order chi connectivity index (χ1) is 9.41. The van der Waals surface area contributed by atoms with Crippen molar-refractivity contribution in [2.24, 2.45) is 11.8 Å². The summed E-state index contributed by atoms with van der Waals surface area (Å²) in [6.45, 7) is 4.11. The van der Waals surface area contributed by atoms with Gasteiger partial charge in [0.15, 0.2) is 0 Å². The predicted octanol–water partition coefficient (Wildman–Crippen LogP) is 2.51. The third kappa shape index (κ3) is 3.87. The molecule has 0 aromatic rings. The number of carbonyl (C=O) groups excluding carboxylic acids is 1. The molecular weight excluding hydrogens is 256 g/mol. The fourth-order valence-corrected chi connectivity index (χ4v) is 3.04. The Balaban J connectivity index is 1.87. The van der Waals surface area contributed by atoms with Crippen molar-refractivity contribution < 1.29 is 14.7 Å². The average molecular weight is 282 g/mol. The van der Waals surface area contributed by atoms with Crippen LogP contribution in [0.2, 0.25) is 0 Å². The van der Waals surface area contributed by atoms with E-state index in [9.17, 15) is 14.7 Å². The number of nitrogens with one attached hydrogen (secondary N) is 2. The lowest BCUT2D eigenvalue weighted by atomic mass is 9.77. The molecule has 0 aliphatic heterocycles. The molecule has 0 spiro atoms. The lowest BCUT2D eigenvalue weighted by molar-refractivity contribution is -0.146. The van der Waals surface area contributed by atoms with E-state index in [0.717, 1.165) is 25.2 Å². The van der Waals surface area contributed by atoms with E-state index in [-0.39, 0.29) is 12.1 Å². The summed E-state index contributed by atoms with van der Waals surface area (Å²) in [7, 11) is 0. The Morgan fingerprint density at radius 3 is 2.35 bits per heavy atom. The average Bonchev–Trinajstić information content (AvgIpc) is 3.15. The number of hydrogen-bond donors (Lipinski definition) is 3. The third-order valence-electron chi connectivity index (χ3n) is 4.65. The van der Waals surface area contributed by atoms with Crippen molar-refractivity contribution in [3.05, 3.63) is 0 Å². The molecule has 2 fully saturated rings. The molecule has 0 aromatic carbocycles. The van der Waals surface area contributed by atoms with Gasteiger partial charge < -0.3 is 15.7 Å². The van der Waals surface area contributed by atoms with Crippen LogP contribution in [0.25, 0.3) is 0 Å². The lowest BCUT2D eigenvalue weighted by Gasteiger charge is -2.36. The number of carbonyl (C=O) groups is 2. The highest BCUT2D eigenvalue weighted by atomic mass is 16.4. The Morgan fingerprint density at radius 1 is 1.25 bits per heavy atom. The first-order valence-corrected chi connectivity index (χ1v) is 7.73. The van der Waals surface area contributed by atoms with Crippen molar-refractivity contribution in [2.75, 3.05) is 0 Å². The topological polar surface area (TPSA) is 78.4 Å². The van der Waals surface area contributed by atoms with Crippen LogP contribution in [0.5, 0.6) is 0 Å². The first-order valence-electron chi connectivity index (χ1n) is 7.73. The number of aliphatic carboxylic acids is 1. The largest absolute Gasteiger partial charge is 0.480 e. The number of amides is 2. The zero-order valence-corrected chi connectivity index (χ0v) is 12.4. The Kier molecular flexibility index (Phi) is 4.55. The van der Waals surface area contributed by atoms with Crippen LogP contribution in [0.15, 0.2) is 0 Å². The maximum Gasteiger partial charge on any atom is 0.329 e. The molecule has 0 bridgehead atoms. The minimum Gasteiger partial charge on any atom is -0.480 e. The maximum absolute atomic E-state index is 12.0. The molecule has 0 saturated heterocycles. The van der Waals surface area contributed by atoms with E-state index in [1.807, 2.05) is 6.92 Å². The molecule has 2 aliphatic carbocycles. The molecule has 0 heterocycles. The molecule has 0 radical (unpaired) electrons. The molecule has 2 rings (SSSR count). The van der Waals surface area contributed by atoms with Crippen molar-refractivity contribution in [3.63, 3.8) is 0 Å². The lowest BCUT2D eigenvalue weighted by Crippen LogP contribution is -2.59. The van der Waals surface area contributed by atoms with Crippen LogP contribution in [0.3, 0.4) is 0 Å². The van der Waals surface area contributed by atoms with Gasteiger partial charge in [-0.1, -0.05) is 19.8 Å². The minimum atomic E-state index is -1.07. The minimum absolute atomic E-state index is 0.107. The zero-order valence-electron chi connectivity index (χ0n) is 12.4. The monoisotopic (exact) mass is 282 g/mol. The Hall–Kier alpha value is -1.26. The van der Waals surface area contributed by atoms with Gasteiger partial charge in [0, 0.05) is 6.04 Å². The van der Waals surface area contributed by atoms with Gasteiger partial charge in [0.2, 0.25) is 0 Å². The summed E-state index contributed by atoms with van der Waals surface area (Å²) in [4.78, 5) is 23.6. The van der Waals surface area contributed by atoms with Gasteiger partial charge in [-0.3, -0.25) is 0 Å². The number of rotatable bonds is 5. The molecule has 2 aliphatic rings. The van der Waals surface area contributed by atoms with E-state index in [1.54, 1.807) is 0 Å². The summed E-state index contributed by atoms with van der Waals surface area (Å²) in [5, 5.41) is 15.1. The summed E-state index contributed by atoms with van der Waals surface area (Å²) in [6.07, 6.45) is 6.25. The van der Waals surface area contributed by atoms with E-state index >= 15 is 0 Å². The van der Waals surface area contributed by atoms with Crippen LogP contribution in [0, 0.1) is 11.8 Å². The molecule has 114 valence electrons. The fourth-order valence-electron chi connectivity index (χ4n) is 3.04. The highest BCUT2D eigenvalue weighted by Gasteiger charge is 2.42. The SMILES string of the molecule is CC1CCC(NC(=O)NC(C)CC2CC2)(C(=O)O)CC1. The highest BCUT2D eigenvalue weighted by Crippen LogP contribution is 2.34. The second-order valence-corrected chi connectivity index (χ2v) is 6.75. The predicted molar refractivity (Wildman–Crippen MR) is 76.5 cm³/mol. The molecule has 1 atom stereocenters.